The smallest absolute Gasteiger partial charge is 0.324 e. The summed E-state index contributed by atoms with van der Waals surface area (Å²) in [5, 5.41) is 0. The molecule has 2 heterocycles. The van der Waals surface area contributed by atoms with Gasteiger partial charge in [0.1, 0.15) is 23.9 Å². The van der Waals surface area contributed by atoms with Crippen molar-refractivity contribution in [1.82, 2.24) is 18.8 Å². The molecular formula is C26H34N4O6S. The van der Waals surface area contributed by atoms with Crippen LogP contribution in [-0.4, -0.2) is 65.0 Å². The zero-order chi connectivity index (χ0) is 27.2. The normalized spacial score (nSPS) is 12.7. The molecule has 0 amide bonds. The van der Waals surface area contributed by atoms with Crippen molar-refractivity contribution in [3.63, 3.8) is 0 Å². The molecule has 11 heteroatoms. The lowest BCUT2D eigenvalue weighted by Crippen LogP contribution is -2.49. The molecule has 3 aromatic rings. The van der Waals surface area contributed by atoms with E-state index in [-0.39, 0.29) is 30.4 Å². The fourth-order valence-electron chi connectivity index (χ4n) is 4.10. The van der Waals surface area contributed by atoms with Crippen LogP contribution >= 0.6 is 0 Å². The Kier molecular flexibility index (Phi) is 9.39. The summed E-state index contributed by atoms with van der Waals surface area (Å²) >= 11 is 0. The van der Waals surface area contributed by atoms with E-state index in [0.717, 1.165) is 26.7 Å². The van der Waals surface area contributed by atoms with Crippen LogP contribution in [0.25, 0.3) is 11.0 Å². The zero-order valence-electron chi connectivity index (χ0n) is 21.9. The number of hydrogen-bond donors (Lipinski definition) is 0. The molecule has 0 saturated carbocycles. The highest BCUT2D eigenvalue weighted by atomic mass is 32.2. The maximum Gasteiger partial charge on any atom is 0.324 e. The van der Waals surface area contributed by atoms with Gasteiger partial charge in [-0.1, -0.05) is 26.0 Å². The number of esters is 2. The lowest BCUT2D eigenvalue weighted by molar-refractivity contribution is -0.150. The topological polar surface area (TPSA) is 121 Å². The first-order chi connectivity index (χ1) is 17.6. The highest BCUT2D eigenvalue weighted by molar-refractivity contribution is 7.89. The molecule has 1 aromatic carbocycles. The summed E-state index contributed by atoms with van der Waals surface area (Å²) in [6.07, 6.45) is 3.59. The summed E-state index contributed by atoms with van der Waals surface area (Å²) in [6.45, 7) is 8.99. The van der Waals surface area contributed by atoms with Crippen molar-refractivity contribution < 1.29 is 27.5 Å². The molecule has 0 unspecified atom stereocenters. The lowest BCUT2D eigenvalue weighted by atomic mass is 10.0. The molecule has 200 valence electrons. The van der Waals surface area contributed by atoms with Crippen LogP contribution < -0.4 is 0 Å². The minimum absolute atomic E-state index is 0.0277. The van der Waals surface area contributed by atoms with E-state index in [2.05, 4.69) is 9.97 Å². The van der Waals surface area contributed by atoms with Gasteiger partial charge in [-0.3, -0.25) is 14.6 Å². The van der Waals surface area contributed by atoms with Gasteiger partial charge in [-0.05, 0) is 56.9 Å². The highest BCUT2D eigenvalue weighted by Crippen LogP contribution is 2.24. The minimum atomic E-state index is -4.24. The van der Waals surface area contributed by atoms with Crippen LogP contribution in [-0.2, 0) is 35.6 Å². The van der Waals surface area contributed by atoms with E-state index in [1.807, 2.05) is 31.4 Å². The van der Waals surface area contributed by atoms with Crippen LogP contribution in [0.15, 0.2) is 47.6 Å². The third-order valence-corrected chi connectivity index (χ3v) is 7.67. The summed E-state index contributed by atoms with van der Waals surface area (Å²) in [5.74, 6) is -0.651. The van der Waals surface area contributed by atoms with Gasteiger partial charge >= 0.3 is 11.9 Å². The molecule has 0 spiro atoms. The van der Waals surface area contributed by atoms with Crippen molar-refractivity contribution in [1.29, 1.82) is 0 Å². The second kappa shape index (κ2) is 12.3. The number of rotatable bonds is 12. The first-order valence-electron chi connectivity index (χ1n) is 12.3. The zero-order valence-corrected chi connectivity index (χ0v) is 22.7. The molecule has 37 heavy (non-hydrogen) atoms. The van der Waals surface area contributed by atoms with Crippen molar-refractivity contribution >= 4 is 33.0 Å². The number of ether oxygens (including phenoxy) is 2. The van der Waals surface area contributed by atoms with E-state index < -0.39 is 34.5 Å². The molecule has 10 nitrogen and oxygen atoms in total. The molecule has 0 radical (unpaired) electrons. The Hall–Kier alpha value is -3.31. The second-order valence-electron chi connectivity index (χ2n) is 9.01. The van der Waals surface area contributed by atoms with Gasteiger partial charge in [0.2, 0.25) is 10.0 Å². The van der Waals surface area contributed by atoms with E-state index in [0.29, 0.717) is 6.54 Å². The predicted octanol–water partition coefficient (Wildman–Crippen LogP) is 3.32. The predicted molar refractivity (Wildman–Crippen MR) is 138 cm³/mol. The van der Waals surface area contributed by atoms with Gasteiger partial charge in [0.15, 0.2) is 0 Å². The standard InChI is InChI=1S/C26H34N4O6S/c1-6-35-25(31)17-30(24(14-18(3)4)26(32)36-7-2)37(33,34)21-10-8-20(9-11-21)16-29-19(5)28-22-15-27-13-12-23(22)29/h8-13,15,18,24H,6-7,14,16-17H2,1-5H3/t24-/m0/s1. The van der Waals surface area contributed by atoms with E-state index in [1.54, 1.807) is 38.4 Å². The highest BCUT2D eigenvalue weighted by Gasteiger charge is 2.39. The molecule has 1 atom stereocenters. The van der Waals surface area contributed by atoms with Crippen molar-refractivity contribution in [2.24, 2.45) is 5.92 Å². The molecule has 0 N–H and O–H groups in total. The Bertz CT molecular complexity index is 1330. The maximum atomic E-state index is 13.7. The van der Waals surface area contributed by atoms with Crippen LogP contribution in [0.5, 0.6) is 0 Å². The SMILES string of the molecule is CCOC(=O)CN([C@@H](CC(C)C)C(=O)OCC)S(=O)(=O)c1ccc(Cn2c(C)nc3cnccc32)cc1. The van der Waals surface area contributed by atoms with Crippen molar-refractivity contribution in [3.8, 4) is 0 Å². The number of aromatic nitrogens is 3. The number of carbonyl (C=O) groups excluding carboxylic acids is 2. The number of imidazole rings is 1. The quantitative estimate of drug-likeness (QED) is 0.327. The summed E-state index contributed by atoms with van der Waals surface area (Å²) < 4.78 is 40.6. The van der Waals surface area contributed by atoms with Crippen LogP contribution in [0.4, 0.5) is 0 Å². The van der Waals surface area contributed by atoms with Crippen molar-refractivity contribution in [2.75, 3.05) is 19.8 Å². The molecule has 0 aliphatic rings. The number of sulfonamides is 1. The van der Waals surface area contributed by atoms with Gasteiger partial charge < -0.3 is 14.0 Å². The molecule has 0 aliphatic carbocycles. The van der Waals surface area contributed by atoms with Gasteiger partial charge in [0.25, 0.3) is 0 Å². The lowest BCUT2D eigenvalue weighted by Gasteiger charge is -2.29. The second-order valence-corrected chi connectivity index (χ2v) is 10.9. The molecule has 0 aliphatic heterocycles. The average molecular weight is 531 g/mol. The van der Waals surface area contributed by atoms with Crippen LogP contribution in [0.3, 0.4) is 0 Å². The number of carbonyl (C=O) groups is 2. The van der Waals surface area contributed by atoms with E-state index in [9.17, 15) is 18.0 Å². The number of hydrogen-bond acceptors (Lipinski definition) is 8. The van der Waals surface area contributed by atoms with Gasteiger partial charge in [-0.25, -0.2) is 13.4 Å². The maximum absolute atomic E-state index is 13.7. The van der Waals surface area contributed by atoms with Gasteiger partial charge in [0, 0.05) is 12.7 Å². The summed E-state index contributed by atoms with van der Waals surface area (Å²) in [4.78, 5) is 33.8. The third-order valence-electron chi connectivity index (χ3n) is 5.80. The number of benzene rings is 1. The number of pyridine rings is 1. The number of fused-ring (bicyclic) bond motifs is 1. The van der Waals surface area contributed by atoms with Crippen molar-refractivity contribution in [2.45, 2.75) is 58.5 Å². The Balaban J connectivity index is 1.95. The van der Waals surface area contributed by atoms with Gasteiger partial charge in [0.05, 0.1) is 29.8 Å². The first kappa shape index (κ1) is 28.3. The Morgan fingerprint density at radius 2 is 1.73 bits per heavy atom. The Labute approximate surface area is 217 Å². The summed E-state index contributed by atoms with van der Waals surface area (Å²) in [5.41, 5.74) is 2.57. The Morgan fingerprint density at radius 1 is 1.05 bits per heavy atom. The van der Waals surface area contributed by atoms with Crippen LogP contribution in [0.2, 0.25) is 0 Å². The van der Waals surface area contributed by atoms with Gasteiger partial charge in [-0.2, -0.15) is 4.31 Å². The molecule has 2 aromatic heterocycles. The summed E-state index contributed by atoms with van der Waals surface area (Å²) in [7, 11) is -4.24. The molecule has 0 fully saturated rings. The van der Waals surface area contributed by atoms with Crippen LogP contribution in [0, 0.1) is 12.8 Å². The monoisotopic (exact) mass is 530 g/mol. The largest absolute Gasteiger partial charge is 0.465 e. The molecule has 0 bridgehead atoms. The van der Waals surface area contributed by atoms with Crippen molar-refractivity contribution in [3.05, 3.63) is 54.1 Å². The first-order valence-corrected chi connectivity index (χ1v) is 13.7. The van der Waals surface area contributed by atoms with E-state index in [4.69, 9.17) is 9.47 Å². The molecule has 0 saturated heterocycles. The van der Waals surface area contributed by atoms with E-state index >= 15 is 0 Å². The van der Waals surface area contributed by atoms with E-state index in [1.165, 1.54) is 12.1 Å². The fourth-order valence-corrected chi connectivity index (χ4v) is 5.63. The molecular weight excluding hydrogens is 496 g/mol. The molecule has 3 rings (SSSR count). The minimum Gasteiger partial charge on any atom is -0.465 e. The summed E-state index contributed by atoms with van der Waals surface area (Å²) in [6, 6.07) is 7.11. The fraction of sp³-hybridized carbons (Fsp3) is 0.462. The number of aryl methyl sites for hydroxylation is 1. The number of nitrogens with zero attached hydrogens (tertiary/aromatic N) is 4. The van der Waals surface area contributed by atoms with Crippen LogP contribution in [0.1, 0.15) is 45.5 Å². The Morgan fingerprint density at radius 3 is 2.35 bits per heavy atom. The third kappa shape index (κ3) is 6.72. The average Bonchev–Trinajstić information content (AvgIpc) is 3.16. The van der Waals surface area contributed by atoms with Gasteiger partial charge in [-0.15, -0.1) is 0 Å².